The average molecular weight is 264 g/mol. The highest BCUT2D eigenvalue weighted by Gasteiger charge is 2.56. The van der Waals surface area contributed by atoms with Gasteiger partial charge in [0.25, 0.3) is 0 Å². The van der Waals surface area contributed by atoms with Crippen LogP contribution in [0.2, 0.25) is 0 Å². The lowest BCUT2D eigenvalue weighted by Crippen LogP contribution is -2.51. The average Bonchev–Trinajstić information content (AvgIpc) is 2.35. The van der Waals surface area contributed by atoms with Gasteiger partial charge in [0.15, 0.2) is 0 Å². The molecule has 0 radical (unpaired) electrons. The first-order valence-electron chi connectivity index (χ1n) is 8.24. The van der Waals surface area contributed by atoms with Crippen LogP contribution in [-0.2, 0) is 9.53 Å². The molecule has 0 aromatic carbocycles. The summed E-state index contributed by atoms with van der Waals surface area (Å²) < 4.78 is 5.12. The third-order valence-corrected chi connectivity index (χ3v) is 6.22. The van der Waals surface area contributed by atoms with E-state index in [-0.39, 0.29) is 5.97 Å². The molecule has 0 aliphatic heterocycles. The topological polar surface area (TPSA) is 26.3 Å². The minimum Gasteiger partial charge on any atom is -0.466 e. The van der Waals surface area contributed by atoms with Crippen LogP contribution in [0.1, 0.15) is 71.6 Å². The van der Waals surface area contributed by atoms with Crippen molar-refractivity contribution < 1.29 is 9.53 Å². The highest BCUT2D eigenvalue weighted by atomic mass is 16.5. The quantitative estimate of drug-likeness (QED) is 0.691. The second-order valence-corrected chi connectivity index (χ2v) is 7.62. The summed E-state index contributed by atoms with van der Waals surface area (Å²) in [6.45, 7) is 4.80. The summed E-state index contributed by atoms with van der Waals surface area (Å²) in [4.78, 5) is 11.7. The molecule has 0 aromatic rings. The van der Waals surface area contributed by atoms with Crippen LogP contribution in [0.5, 0.6) is 0 Å². The van der Waals surface area contributed by atoms with Crippen LogP contribution in [0.3, 0.4) is 0 Å². The minimum atomic E-state index is 0.0174. The first kappa shape index (κ1) is 13.5. The van der Waals surface area contributed by atoms with Gasteiger partial charge in [-0.2, -0.15) is 0 Å². The smallest absolute Gasteiger partial charge is 0.305 e. The van der Waals surface area contributed by atoms with Crippen LogP contribution in [-0.4, -0.2) is 12.6 Å². The molecule has 4 fully saturated rings. The van der Waals surface area contributed by atoms with Crippen LogP contribution in [0, 0.1) is 22.7 Å². The van der Waals surface area contributed by atoms with E-state index in [9.17, 15) is 4.79 Å². The Morgan fingerprint density at radius 1 is 1.11 bits per heavy atom. The van der Waals surface area contributed by atoms with E-state index < -0.39 is 0 Å². The first-order chi connectivity index (χ1) is 9.09. The van der Waals surface area contributed by atoms with E-state index in [4.69, 9.17) is 4.74 Å². The van der Waals surface area contributed by atoms with Crippen LogP contribution >= 0.6 is 0 Å². The largest absolute Gasteiger partial charge is 0.466 e. The maximum Gasteiger partial charge on any atom is 0.305 e. The van der Waals surface area contributed by atoms with Crippen LogP contribution in [0.25, 0.3) is 0 Å². The zero-order chi connectivity index (χ0) is 13.5. The Balaban J connectivity index is 1.68. The molecule has 0 heterocycles. The fraction of sp³-hybridized carbons (Fsp3) is 0.941. The molecule has 0 N–H and O–H groups in total. The van der Waals surface area contributed by atoms with Gasteiger partial charge in [-0.25, -0.2) is 0 Å². The lowest BCUT2D eigenvalue weighted by Gasteiger charge is -2.62. The molecule has 19 heavy (non-hydrogen) atoms. The maximum absolute atomic E-state index is 11.7. The molecular formula is C17H28O2. The van der Waals surface area contributed by atoms with Gasteiger partial charge < -0.3 is 4.74 Å². The van der Waals surface area contributed by atoms with Gasteiger partial charge in [0.05, 0.1) is 6.61 Å². The van der Waals surface area contributed by atoms with Crippen molar-refractivity contribution in [1.29, 1.82) is 0 Å². The first-order valence-corrected chi connectivity index (χ1v) is 8.24. The fourth-order valence-electron chi connectivity index (χ4n) is 5.96. The van der Waals surface area contributed by atoms with Crippen molar-refractivity contribution in [1.82, 2.24) is 0 Å². The summed E-state index contributed by atoms with van der Waals surface area (Å²) >= 11 is 0. The number of hydrogen-bond donors (Lipinski definition) is 0. The van der Waals surface area contributed by atoms with E-state index in [1.807, 2.05) is 6.92 Å². The fourth-order valence-corrected chi connectivity index (χ4v) is 5.96. The van der Waals surface area contributed by atoms with E-state index >= 15 is 0 Å². The number of carbonyl (C=O) groups is 1. The highest BCUT2D eigenvalue weighted by Crippen LogP contribution is 2.67. The highest BCUT2D eigenvalue weighted by molar-refractivity contribution is 5.69. The monoisotopic (exact) mass is 264 g/mol. The Labute approximate surface area is 117 Å². The predicted octanol–water partition coefficient (Wildman–Crippen LogP) is 4.33. The van der Waals surface area contributed by atoms with E-state index in [2.05, 4.69) is 6.92 Å². The second kappa shape index (κ2) is 4.79. The molecule has 0 spiro atoms. The van der Waals surface area contributed by atoms with Crippen LogP contribution in [0.15, 0.2) is 0 Å². The van der Waals surface area contributed by atoms with Crippen molar-refractivity contribution in [3.05, 3.63) is 0 Å². The molecule has 4 aliphatic carbocycles. The molecule has 4 aliphatic rings. The standard InChI is InChI=1S/C17H28O2/c1-3-16-8-13-7-14(9-16)11-17(10-13,12-16)6-5-15(18)19-4-2/h13-14H,3-12H2,1-2H3. The number of hydrogen-bond acceptors (Lipinski definition) is 2. The van der Waals surface area contributed by atoms with Gasteiger partial charge in [0.2, 0.25) is 0 Å². The Morgan fingerprint density at radius 2 is 1.74 bits per heavy atom. The van der Waals surface area contributed by atoms with E-state index in [0.29, 0.717) is 23.9 Å². The van der Waals surface area contributed by atoms with Gasteiger partial charge in [0, 0.05) is 6.42 Å². The Kier molecular flexibility index (Phi) is 3.39. The van der Waals surface area contributed by atoms with Crippen molar-refractivity contribution in [3.8, 4) is 0 Å². The van der Waals surface area contributed by atoms with Crippen molar-refractivity contribution in [3.63, 3.8) is 0 Å². The molecule has 2 unspecified atom stereocenters. The lowest BCUT2D eigenvalue weighted by molar-refractivity contribution is -0.148. The van der Waals surface area contributed by atoms with Crippen molar-refractivity contribution in [2.75, 3.05) is 6.61 Å². The number of ether oxygens (including phenoxy) is 1. The van der Waals surface area contributed by atoms with Gasteiger partial charge in [-0.1, -0.05) is 13.3 Å². The number of rotatable bonds is 5. The van der Waals surface area contributed by atoms with Gasteiger partial charge in [0.1, 0.15) is 0 Å². The third-order valence-electron chi connectivity index (χ3n) is 6.22. The van der Waals surface area contributed by atoms with Crippen molar-refractivity contribution in [2.24, 2.45) is 22.7 Å². The van der Waals surface area contributed by atoms with Gasteiger partial charge in [-0.15, -0.1) is 0 Å². The molecule has 0 aromatic heterocycles. The van der Waals surface area contributed by atoms with Crippen LogP contribution in [0.4, 0.5) is 0 Å². The number of carbonyl (C=O) groups excluding carboxylic acids is 1. The SMILES string of the molecule is CCOC(=O)CCC12CC3CC(CC(CC)(C3)C1)C2. The van der Waals surface area contributed by atoms with Crippen molar-refractivity contribution >= 4 is 5.97 Å². The zero-order valence-electron chi connectivity index (χ0n) is 12.5. The molecule has 108 valence electrons. The molecule has 2 atom stereocenters. The summed E-state index contributed by atoms with van der Waals surface area (Å²) in [5, 5.41) is 0. The third kappa shape index (κ3) is 2.43. The molecule has 4 bridgehead atoms. The summed E-state index contributed by atoms with van der Waals surface area (Å²) in [6, 6.07) is 0. The number of esters is 1. The summed E-state index contributed by atoms with van der Waals surface area (Å²) in [7, 11) is 0. The summed E-state index contributed by atoms with van der Waals surface area (Å²) in [5.41, 5.74) is 1.13. The van der Waals surface area contributed by atoms with E-state index in [1.54, 1.807) is 0 Å². The molecular weight excluding hydrogens is 236 g/mol. The minimum absolute atomic E-state index is 0.0174. The molecule has 0 saturated heterocycles. The van der Waals surface area contributed by atoms with Crippen molar-refractivity contribution in [2.45, 2.75) is 71.6 Å². The molecule has 0 amide bonds. The maximum atomic E-state index is 11.7. The van der Waals surface area contributed by atoms with E-state index in [1.165, 1.54) is 44.9 Å². The molecule has 4 rings (SSSR count). The van der Waals surface area contributed by atoms with Crippen LogP contribution < -0.4 is 0 Å². The molecule has 2 nitrogen and oxygen atoms in total. The normalized spacial score (nSPS) is 43.5. The Hall–Kier alpha value is -0.530. The molecule has 2 heteroatoms. The Bertz CT molecular complexity index is 346. The summed E-state index contributed by atoms with van der Waals surface area (Å²) in [6.07, 6.45) is 11.7. The second-order valence-electron chi connectivity index (χ2n) is 7.62. The summed E-state index contributed by atoms with van der Waals surface area (Å²) in [5.74, 6) is 1.94. The zero-order valence-corrected chi connectivity index (χ0v) is 12.5. The lowest BCUT2D eigenvalue weighted by atomic mass is 9.43. The van der Waals surface area contributed by atoms with Gasteiger partial charge >= 0.3 is 5.97 Å². The predicted molar refractivity (Wildman–Crippen MR) is 75.7 cm³/mol. The van der Waals surface area contributed by atoms with Gasteiger partial charge in [-0.3, -0.25) is 4.79 Å². The molecule has 4 saturated carbocycles. The van der Waals surface area contributed by atoms with Gasteiger partial charge in [-0.05, 0) is 74.5 Å². The van der Waals surface area contributed by atoms with E-state index in [0.717, 1.165) is 18.3 Å². The Morgan fingerprint density at radius 3 is 2.32 bits per heavy atom.